The molecular weight excluding hydrogens is 300 g/mol. The number of nitrogens with one attached hydrogen (secondary N) is 1. The number of hydrogen-bond donors (Lipinski definition) is 3. The van der Waals surface area contributed by atoms with Crippen molar-refractivity contribution in [3.8, 4) is 17.0 Å². The summed E-state index contributed by atoms with van der Waals surface area (Å²) in [5.74, 6) is -0.730. The van der Waals surface area contributed by atoms with Crippen molar-refractivity contribution < 1.29 is 15.0 Å². The van der Waals surface area contributed by atoms with Crippen molar-refractivity contribution >= 4 is 28.1 Å². The number of carboxylic acid groups (broad SMARTS) is 1. The van der Waals surface area contributed by atoms with Crippen molar-refractivity contribution in [3.05, 3.63) is 59.5 Å². The first-order valence-corrected chi connectivity index (χ1v) is 7.35. The average molecular weight is 312 g/mol. The summed E-state index contributed by atoms with van der Waals surface area (Å²) < 4.78 is 0. The summed E-state index contributed by atoms with van der Waals surface area (Å²) in [6.07, 6.45) is 0. The van der Waals surface area contributed by atoms with Crippen LogP contribution in [0.1, 0.15) is 10.4 Å². The van der Waals surface area contributed by atoms with E-state index in [1.54, 1.807) is 48.5 Å². The summed E-state index contributed by atoms with van der Waals surface area (Å²) in [6, 6.07) is 13.3. The zero-order valence-corrected chi connectivity index (χ0v) is 12.2. The molecule has 0 bridgehead atoms. The molecule has 0 radical (unpaired) electrons. The molecule has 1 aromatic heterocycles. The lowest BCUT2D eigenvalue weighted by atomic mass is 10.2. The largest absolute Gasteiger partial charge is 0.508 e. The van der Waals surface area contributed by atoms with Crippen LogP contribution in [0.5, 0.6) is 5.75 Å². The zero-order valence-electron chi connectivity index (χ0n) is 11.4. The number of phenolic OH excluding ortho intramolecular Hbond substituents is 1. The predicted molar refractivity (Wildman–Crippen MR) is 85.9 cm³/mol. The van der Waals surface area contributed by atoms with Crippen LogP contribution in [-0.4, -0.2) is 21.2 Å². The number of anilines is 2. The molecule has 0 fully saturated rings. The van der Waals surface area contributed by atoms with Crippen LogP contribution < -0.4 is 5.32 Å². The molecule has 0 saturated heterocycles. The first-order valence-electron chi connectivity index (χ1n) is 6.47. The highest BCUT2D eigenvalue weighted by atomic mass is 32.1. The molecule has 0 unspecified atom stereocenters. The Morgan fingerprint density at radius 3 is 2.36 bits per heavy atom. The first kappa shape index (κ1) is 14.1. The molecule has 3 aromatic rings. The standard InChI is InChI=1S/C16H12N2O3S/c19-13-7-3-10(4-8-13)14-9-22-16(18-14)17-12-5-1-11(2-6-12)15(20)21/h1-9,19H,(H,17,18)(H,20,21). The highest BCUT2D eigenvalue weighted by Gasteiger charge is 2.06. The molecule has 0 aliphatic heterocycles. The molecule has 22 heavy (non-hydrogen) atoms. The fourth-order valence-electron chi connectivity index (χ4n) is 1.92. The Hall–Kier alpha value is -2.86. The monoisotopic (exact) mass is 312 g/mol. The second-order valence-electron chi connectivity index (χ2n) is 4.59. The third kappa shape index (κ3) is 3.07. The molecule has 3 rings (SSSR count). The lowest BCUT2D eigenvalue weighted by molar-refractivity contribution is 0.0697. The molecule has 0 saturated carbocycles. The molecule has 3 N–H and O–H groups in total. The summed E-state index contributed by atoms with van der Waals surface area (Å²) >= 11 is 1.45. The second kappa shape index (κ2) is 5.87. The number of hydrogen-bond acceptors (Lipinski definition) is 5. The number of carbonyl (C=O) groups is 1. The number of phenols is 1. The topological polar surface area (TPSA) is 82.5 Å². The average Bonchev–Trinajstić information content (AvgIpc) is 2.97. The van der Waals surface area contributed by atoms with Crippen LogP contribution in [0.2, 0.25) is 0 Å². The van der Waals surface area contributed by atoms with E-state index in [0.717, 1.165) is 16.9 Å². The summed E-state index contributed by atoms with van der Waals surface area (Å²) in [4.78, 5) is 15.3. The number of rotatable bonds is 4. The highest BCUT2D eigenvalue weighted by molar-refractivity contribution is 7.14. The second-order valence-corrected chi connectivity index (χ2v) is 5.45. The number of thiazole rings is 1. The van der Waals surface area contributed by atoms with Gasteiger partial charge in [0.25, 0.3) is 0 Å². The smallest absolute Gasteiger partial charge is 0.335 e. The molecule has 0 aliphatic carbocycles. The van der Waals surface area contributed by atoms with Gasteiger partial charge in [0.2, 0.25) is 0 Å². The Labute approximate surface area is 130 Å². The minimum atomic E-state index is -0.949. The molecule has 0 spiro atoms. The van der Waals surface area contributed by atoms with Gasteiger partial charge in [-0.15, -0.1) is 11.3 Å². The van der Waals surface area contributed by atoms with Crippen LogP contribution in [0, 0.1) is 0 Å². The number of benzene rings is 2. The van der Waals surface area contributed by atoms with Crippen LogP contribution in [-0.2, 0) is 0 Å². The van der Waals surface area contributed by atoms with Gasteiger partial charge in [0.05, 0.1) is 11.3 Å². The number of aromatic carboxylic acids is 1. The molecule has 6 heteroatoms. The lowest BCUT2D eigenvalue weighted by Gasteiger charge is -2.02. The van der Waals surface area contributed by atoms with Crippen LogP contribution in [0.15, 0.2) is 53.9 Å². The van der Waals surface area contributed by atoms with Crippen LogP contribution in [0.4, 0.5) is 10.8 Å². The van der Waals surface area contributed by atoms with Crippen molar-refractivity contribution in [2.75, 3.05) is 5.32 Å². The van der Waals surface area contributed by atoms with E-state index in [-0.39, 0.29) is 11.3 Å². The quantitative estimate of drug-likeness (QED) is 0.679. The summed E-state index contributed by atoms with van der Waals surface area (Å²) in [5.41, 5.74) is 2.75. The van der Waals surface area contributed by atoms with Gasteiger partial charge in [0.15, 0.2) is 5.13 Å². The van der Waals surface area contributed by atoms with E-state index in [0.29, 0.717) is 5.13 Å². The molecule has 0 amide bonds. The van der Waals surface area contributed by atoms with Crippen molar-refractivity contribution in [2.45, 2.75) is 0 Å². The Morgan fingerprint density at radius 1 is 1.05 bits per heavy atom. The van der Waals surface area contributed by atoms with Crippen LogP contribution in [0.3, 0.4) is 0 Å². The fraction of sp³-hybridized carbons (Fsp3) is 0. The molecule has 0 atom stereocenters. The van der Waals surface area contributed by atoms with E-state index in [1.807, 2.05) is 5.38 Å². The van der Waals surface area contributed by atoms with E-state index in [9.17, 15) is 9.90 Å². The predicted octanol–water partition coefficient (Wildman–Crippen LogP) is 3.96. The minimum Gasteiger partial charge on any atom is -0.508 e. The Bertz CT molecular complexity index is 795. The van der Waals surface area contributed by atoms with E-state index in [1.165, 1.54) is 11.3 Å². The Morgan fingerprint density at radius 2 is 1.73 bits per heavy atom. The summed E-state index contributed by atoms with van der Waals surface area (Å²) in [7, 11) is 0. The molecule has 0 aliphatic rings. The van der Waals surface area contributed by atoms with Crippen molar-refractivity contribution in [3.63, 3.8) is 0 Å². The fourth-order valence-corrected chi connectivity index (χ4v) is 2.66. The Balaban J connectivity index is 1.76. The maximum atomic E-state index is 10.8. The van der Waals surface area contributed by atoms with E-state index in [2.05, 4.69) is 10.3 Å². The highest BCUT2D eigenvalue weighted by Crippen LogP contribution is 2.28. The third-order valence-corrected chi connectivity index (χ3v) is 3.81. The van der Waals surface area contributed by atoms with Gasteiger partial charge in [-0.25, -0.2) is 9.78 Å². The van der Waals surface area contributed by atoms with E-state index >= 15 is 0 Å². The number of nitrogens with zero attached hydrogens (tertiary/aromatic N) is 1. The maximum absolute atomic E-state index is 10.8. The third-order valence-electron chi connectivity index (χ3n) is 3.05. The minimum absolute atomic E-state index is 0.218. The first-order chi connectivity index (χ1) is 10.6. The van der Waals surface area contributed by atoms with Crippen LogP contribution in [0.25, 0.3) is 11.3 Å². The normalized spacial score (nSPS) is 10.4. The van der Waals surface area contributed by atoms with Gasteiger partial charge in [-0.3, -0.25) is 0 Å². The van der Waals surface area contributed by atoms with Crippen LogP contribution >= 0.6 is 11.3 Å². The van der Waals surface area contributed by atoms with Gasteiger partial charge in [0, 0.05) is 16.6 Å². The van der Waals surface area contributed by atoms with E-state index in [4.69, 9.17) is 5.11 Å². The number of aromatic nitrogens is 1. The Kier molecular flexibility index (Phi) is 3.76. The molecule has 110 valence electrons. The van der Waals surface area contributed by atoms with Gasteiger partial charge in [0.1, 0.15) is 5.75 Å². The van der Waals surface area contributed by atoms with Gasteiger partial charge >= 0.3 is 5.97 Å². The van der Waals surface area contributed by atoms with Gasteiger partial charge in [-0.2, -0.15) is 0 Å². The molecule has 2 aromatic carbocycles. The SMILES string of the molecule is O=C(O)c1ccc(Nc2nc(-c3ccc(O)cc3)cs2)cc1. The molecular formula is C16H12N2O3S. The summed E-state index contributed by atoms with van der Waals surface area (Å²) in [6.45, 7) is 0. The van der Waals surface area contributed by atoms with Crippen molar-refractivity contribution in [1.82, 2.24) is 4.98 Å². The zero-order chi connectivity index (χ0) is 15.5. The molecule has 5 nitrogen and oxygen atoms in total. The van der Waals surface area contributed by atoms with E-state index < -0.39 is 5.97 Å². The lowest BCUT2D eigenvalue weighted by Crippen LogP contribution is -1.96. The van der Waals surface area contributed by atoms with Gasteiger partial charge in [-0.05, 0) is 48.5 Å². The van der Waals surface area contributed by atoms with Gasteiger partial charge in [-0.1, -0.05) is 0 Å². The van der Waals surface area contributed by atoms with Crippen molar-refractivity contribution in [2.24, 2.45) is 0 Å². The number of carboxylic acids is 1. The van der Waals surface area contributed by atoms with Gasteiger partial charge < -0.3 is 15.5 Å². The maximum Gasteiger partial charge on any atom is 0.335 e. The summed E-state index contributed by atoms with van der Waals surface area (Å²) in [5, 5.41) is 23.9. The van der Waals surface area contributed by atoms with Crippen molar-refractivity contribution in [1.29, 1.82) is 0 Å². The molecule has 1 heterocycles. The number of aromatic hydroxyl groups is 1.